The number of para-hydroxylation sites is 1. The summed E-state index contributed by atoms with van der Waals surface area (Å²) < 4.78 is 0. The van der Waals surface area contributed by atoms with E-state index in [-0.39, 0.29) is 0 Å². The average Bonchev–Trinajstić information content (AvgIpc) is 2.39. The molecule has 2 nitrogen and oxygen atoms in total. The number of benzene rings is 2. The smallest absolute Gasteiger partial charge is 0.104 e. The first kappa shape index (κ1) is 12.9. The van der Waals surface area contributed by atoms with Crippen molar-refractivity contribution in [3.63, 3.8) is 0 Å². The standard InChI is InChI=1S/C15H16ClNO/c1-15(18,12-7-3-2-4-8-12)11-17-14-10-6-5-9-13(14)16/h2-10,17-18H,11H2,1H3. The molecular formula is C15H16ClNO. The largest absolute Gasteiger partial charge is 0.384 e. The first-order chi connectivity index (χ1) is 8.59. The highest BCUT2D eigenvalue weighted by molar-refractivity contribution is 6.33. The molecule has 2 aromatic carbocycles. The van der Waals surface area contributed by atoms with Crippen LogP contribution in [0.25, 0.3) is 0 Å². The van der Waals surface area contributed by atoms with Gasteiger partial charge >= 0.3 is 0 Å². The lowest BCUT2D eigenvalue weighted by molar-refractivity contribution is 0.0715. The van der Waals surface area contributed by atoms with Crippen molar-refractivity contribution in [2.24, 2.45) is 0 Å². The van der Waals surface area contributed by atoms with E-state index in [1.807, 2.05) is 54.6 Å². The summed E-state index contributed by atoms with van der Waals surface area (Å²) in [4.78, 5) is 0. The van der Waals surface area contributed by atoms with E-state index in [2.05, 4.69) is 5.32 Å². The quantitative estimate of drug-likeness (QED) is 0.880. The Kier molecular flexibility index (Phi) is 3.90. The highest BCUT2D eigenvalue weighted by atomic mass is 35.5. The van der Waals surface area contributed by atoms with Crippen molar-refractivity contribution < 1.29 is 5.11 Å². The van der Waals surface area contributed by atoms with Crippen LogP contribution in [0.5, 0.6) is 0 Å². The molecule has 0 bridgehead atoms. The van der Waals surface area contributed by atoms with Crippen molar-refractivity contribution >= 4 is 17.3 Å². The fourth-order valence-electron chi connectivity index (χ4n) is 1.77. The van der Waals surface area contributed by atoms with Crippen LogP contribution in [-0.4, -0.2) is 11.7 Å². The van der Waals surface area contributed by atoms with Crippen LogP contribution in [0, 0.1) is 0 Å². The van der Waals surface area contributed by atoms with Gasteiger partial charge in [0.25, 0.3) is 0 Å². The Hall–Kier alpha value is -1.51. The molecule has 0 heterocycles. The summed E-state index contributed by atoms with van der Waals surface area (Å²) in [5.41, 5.74) is 0.778. The van der Waals surface area contributed by atoms with Crippen molar-refractivity contribution in [3.8, 4) is 0 Å². The van der Waals surface area contributed by atoms with Gasteiger partial charge in [-0.2, -0.15) is 0 Å². The van der Waals surface area contributed by atoms with Crippen molar-refractivity contribution in [3.05, 3.63) is 65.2 Å². The molecule has 0 aliphatic carbocycles. The maximum absolute atomic E-state index is 10.4. The minimum absolute atomic E-state index is 0.404. The van der Waals surface area contributed by atoms with E-state index in [9.17, 15) is 5.11 Å². The summed E-state index contributed by atoms with van der Waals surface area (Å²) in [6, 6.07) is 17.1. The Morgan fingerprint density at radius 3 is 2.33 bits per heavy atom. The molecule has 0 amide bonds. The molecule has 2 N–H and O–H groups in total. The van der Waals surface area contributed by atoms with Crippen LogP contribution < -0.4 is 5.32 Å². The third kappa shape index (κ3) is 3.03. The number of anilines is 1. The van der Waals surface area contributed by atoms with Gasteiger partial charge in [-0.3, -0.25) is 0 Å². The van der Waals surface area contributed by atoms with Gasteiger partial charge in [-0.25, -0.2) is 0 Å². The Bertz CT molecular complexity index is 511. The molecule has 0 fully saturated rings. The number of nitrogens with one attached hydrogen (secondary N) is 1. The van der Waals surface area contributed by atoms with Crippen molar-refractivity contribution in [1.29, 1.82) is 0 Å². The highest BCUT2D eigenvalue weighted by Crippen LogP contribution is 2.24. The van der Waals surface area contributed by atoms with Crippen LogP contribution >= 0.6 is 11.6 Å². The molecule has 0 saturated carbocycles. The van der Waals surface area contributed by atoms with Crippen molar-refractivity contribution in [1.82, 2.24) is 0 Å². The molecule has 94 valence electrons. The van der Waals surface area contributed by atoms with E-state index in [1.165, 1.54) is 0 Å². The Morgan fingerprint density at radius 1 is 1.06 bits per heavy atom. The van der Waals surface area contributed by atoms with E-state index >= 15 is 0 Å². The fourth-order valence-corrected chi connectivity index (χ4v) is 1.97. The zero-order valence-electron chi connectivity index (χ0n) is 10.2. The van der Waals surface area contributed by atoms with Crippen molar-refractivity contribution in [2.45, 2.75) is 12.5 Å². The zero-order valence-corrected chi connectivity index (χ0v) is 11.0. The lowest BCUT2D eigenvalue weighted by Crippen LogP contribution is -2.30. The maximum Gasteiger partial charge on any atom is 0.104 e. The van der Waals surface area contributed by atoms with Gasteiger partial charge in [0, 0.05) is 6.54 Å². The molecule has 1 unspecified atom stereocenters. The SMILES string of the molecule is CC(O)(CNc1ccccc1Cl)c1ccccc1. The molecule has 1 atom stereocenters. The second-order valence-electron chi connectivity index (χ2n) is 4.47. The Morgan fingerprint density at radius 2 is 1.67 bits per heavy atom. The zero-order chi connectivity index (χ0) is 13.0. The molecular weight excluding hydrogens is 246 g/mol. The van der Waals surface area contributed by atoms with Gasteiger partial charge in [-0.05, 0) is 24.6 Å². The monoisotopic (exact) mass is 261 g/mol. The first-order valence-electron chi connectivity index (χ1n) is 5.86. The van der Waals surface area contributed by atoms with E-state index in [0.717, 1.165) is 11.3 Å². The fraction of sp³-hybridized carbons (Fsp3) is 0.200. The van der Waals surface area contributed by atoms with Crippen LogP contribution in [0.1, 0.15) is 12.5 Å². The summed E-state index contributed by atoms with van der Waals surface area (Å²) in [5, 5.41) is 14.3. The second kappa shape index (κ2) is 5.42. The predicted molar refractivity (Wildman–Crippen MR) is 76.0 cm³/mol. The van der Waals surface area contributed by atoms with Gasteiger partial charge in [-0.15, -0.1) is 0 Å². The van der Waals surface area contributed by atoms with Gasteiger partial charge in [0.15, 0.2) is 0 Å². The molecule has 2 aromatic rings. The second-order valence-corrected chi connectivity index (χ2v) is 4.88. The van der Waals surface area contributed by atoms with E-state index < -0.39 is 5.60 Å². The maximum atomic E-state index is 10.4. The van der Waals surface area contributed by atoms with Crippen LogP contribution in [-0.2, 0) is 5.60 Å². The van der Waals surface area contributed by atoms with Crippen molar-refractivity contribution in [2.75, 3.05) is 11.9 Å². The normalized spacial score (nSPS) is 13.9. The predicted octanol–water partition coefficient (Wildman–Crippen LogP) is 3.66. The van der Waals surface area contributed by atoms with Crippen LogP contribution in [0.3, 0.4) is 0 Å². The number of halogens is 1. The number of aliphatic hydroxyl groups is 1. The summed E-state index contributed by atoms with van der Waals surface area (Å²) in [6.07, 6.45) is 0. The lowest BCUT2D eigenvalue weighted by Gasteiger charge is -2.25. The van der Waals surface area contributed by atoms with Gasteiger partial charge in [-0.1, -0.05) is 54.1 Å². The molecule has 18 heavy (non-hydrogen) atoms. The minimum Gasteiger partial charge on any atom is -0.384 e. The van der Waals surface area contributed by atoms with Gasteiger partial charge < -0.3 is 10.4 Å². The van der Waals surface area contributed by atoms with Gasteiger partial charge in [0.05, 0.1) is 10.7 Å². The number of hydrogen-bond donors (Lipinski definition) is 2. The topological polar surface area (TPSA) is 32.3 Å². The molecule has 0 aliphatic rings. The third-order valence-corrected chi connectivity index (χ3v) is 3.22. The number of rotatable bonds is 4. The first-order valence-corrected chi connectivity index (χ1v) is 6.24. The lowest BCUT2D eigenvalue weighted by atomic mass is 9.96. The van der Waals surface area contributed by atoms with E-state index in [4.69, 9.17) is 11.6 Å². The molecule has 0 aromatic heterocycles. The molecule has 0 saturated heterocycles. The Balaban J connectivity index is 2.08. The van der Waals surface area contributed by atoms with Gasteiger partial charge in [0.1, 0.15) is 5.60 Å². The molecule has 0 spiro atoms. The molecule has 0 radical (unpaired) electrons. The summed E-state index contributed by atoms with van der Waals surface area (Å²) in [5.74, 6) is 0. The molecule has 3 heteroatoms. The third-order valence-electron chi connectivity index (χ3n) is 2.89. The Labute approximate surface area is 112 Å². The summed E-state index contributed by atoms with van der Waals surface area (Å²) in [6.45, 7) is 2.19. The molecule has 0 aliphatic heterocycles. The summed E-state index contributed by atoms with van der Waals surface area (Å²) >= 11 is 6.05. The van der Waals surface area contributed by atoms with E-state index in [1.54, 1.807) is 6.92 Å². The van der Waals surface area contributed by atoms with Crippen LogP contribution in [0.4, 0.5) is 5.69 Å². The molecule has 2 rings (SSSR count). The van der Waals surface area contributed by atoms with E-state index in [0.29, 0.717) is 11.6 Å². The summed E-state index contributed by atoms with van der Waals surface area (Å²) in [7, 11) is 0. The van der Waals surface area contributed by atoms with Crippen LogP contribution in [0.2, 0.25) is 5.02 Å². The average molecular weight is 262 g/mol. The van der Waals surface area contributed by atoms with Crippen LogP contribution in [0.15, 0.2) is 54.6 Å². The number of hydrogen-bond acceptors (Lipinski definition) is 2. The highest BCUT2D eigenvalue weighted by Gasteiger charge is 2.22. The van der Waals surface area contributed by atoms with Gasteiger partial charge in [0.2, 0.25) is 0 Å². The minimum atomic E-state index is -0.930.